The molecular weight excluding hydrogens is 232 g/mol. The third-order valence-corrected chi connectivity index (χ3v) is 2.78. The Morgan fingerprint density at radius 2 is 1.89 bits per heavy atom. The van der Waals surface area contributed by atoms with E-state index in [-0.39, 0.29) is 6.10 Å². The fourth-order valence-electron chi connectivity index (χ4n) is 1.53. The van der Waals surface area contributed by atoms with Gasteiger partial charge in [0.15, 0.2) is 11.5 Å². The van der Waals surface area contributed by atoms with Crippen molar-refractivity contribution < 1.29 is 19.4 Å². The summed E-state index contributed by atoms with van der Waals surface area (Å²) in [7, 11) is 1.54. The molecule has 0 aromatic heterocycles. The molecule has 100 valence electrons. The minimum atomic E-state index is -0.955. The number of methoxy groups -OCH3 is 1. The van der Waals surface area contributed by atoms with Gasteiger partial charge in [-0.1, -0.05) is 6.07 Å². The summed E-state index contributed by atoms with van der Waals surface area (Å²) in [5, 5.41) is 9.20. The van der Waals surface area contributed by atoms with Crippen LogP contribution in [0.1, 0.15) is 33.3 Å². The molecular formula is C14H20O4. The fraction of sp³-hybridized carbons (Fsp3) is 0.500. The molecule has 0 spiro atoms. The summed E-state index contributed by atoms with van der Waals surface area (Å²) in [6.07, 6.45) is 0.0391. The van der Waals surface area contributed by atoms with Crippen molar-refractivity contribution in [3.05, 3.63) is 23.8 Å². The van der Waals surface area contributed by atoms with E-state index in [9.17, 15) is 9.90 Å². The van der Waals surface area contributed by atoms with Crippen molar-refractivity contribution in [2.75, 3.05) is 7.11 Å². The van der Waals surface area contributed by atoms with Gasteiger partial charge in [0.1, 0.15) is 0 Å². The van der Waals surface area contributed by atoms with Gasteiger partial charge in [-0.2, -0.15) is 0 Å². The van der Waals surface area contributed by atoms with E-state index in [1.165, 1.54) is 0 Å². The summed E-state index contributed by atoms with van der Waals surface area (Å²) in [6.45, 7) is 7.17. The van der Waals surface area contributed by atoms with Gasteiger partial charge in [0.2, 0.25) is 0 Å². The van der Waals surface area contributed by atoms with Crippen LogP contribution in [-0.2, 0) is 10.2 Å². The highest BCUT2D eigenvalue weighted by Crippen LogP contribution is 2.34. The summed E-state index contributed by atoms with van der Waals surface area (Å²) < 4.78 is 10.8. The molecule has 0 heterocycles. The molecule has 0 aliphatic carbocycles. The minimum absolute atomic E-state index is 0.0391. The number of carboxylic acid groups (broad SMARTS) is 1. The van der Waals surface area contributed by atoms with E-state index in [0.29, 0.717) is 17.1 Å². The third kappa shape index (κ3) is 2.94. The zero-order valence-electron chi connectivity index (χ0n) is 11.5. The van der Waals surface area contributed by atoms with Crippen LogP contribution in [0.2, 0.25) is 0 Å². The van der Waals surface area contributed by atoms with Gasteiger partial charge >= 0.3 is 5.97 Å². The van der Waals surface area contributed by atoms with Gasteiger partial charge in [-0.15, -0.1) is 0 Å². The maximum atomic E-state index is 11.2. The Morgan fingerprint density at radius 3 is 2.33 bits per heavy atom. The number of carbonyl (C=O) groups is 1. The first-order valence-electron chi connectivity index (χ1n) is 5.87. The van der Waals surface area contributed by atoms with Crippen molar-refractivity contribution in [1.29, 1.82) is 0 Å². The largest absolute Gasteiger partial charge is 0.493 e. The zero-order chi connectivity index (χ0) is 13.9. The van der Waals surface area contributed by atoms with Gasteiger partial charge in [-0.3, -0.25) is 4.79 Å². The van der Waals surface area contributed by atoms with Crippen molar-refractivity contribution in [1.82, 2.24) is 0 Å². The van der Waals surface area contributed by atoms with Crippen LogP contribution in [0.5, 0.6) is 11.5 Å². The first-order valence-corrected chi connectivity index (χ1v) is 5.87. The maximum Gasteiger partial charge on any atom is 0.313 e. The van der Waals surface area contributed by atoms with Crippen molar-refractivity contribution in [2.45, 2.75) is 39.2 Å². The second-order valence-corrected chi connectivity index (χ2v) is 4.96. The van der Waals surface area contributed by atoms with Crippen LogP contribution in [-0.4, -0.2) is 24.3 Å². The average Bonchev–Trinajstić information content (AvgIpc) is 2.28. The van der Waals surface area contributed by atoms with Crippen molar-refractivity contribution in [3.8, 4) is 11.5 Å². The molecule has 4 nitrogen and oxygen atoms in total. The Labute approximate surface area is 108 Å². The summed E-state index contributed by atoms with van der Waals surface area (Å²) in [6, 6.07) is 5.22. The number of hydrogen-bond donors (Lipinski definition) is 1. The zero-order valence-corrected chi connectivity index (χ0v) is 11.5. The van der Waals surface area contributed by atoms with Gasteiger partial charge in [-0.25, -0.2) is 0 Å². The molecule has 0 bridgehead atoms. The summed E-state index contributed by atoms with van der Waals surface area (Å²) >= 11 is 0. The second kappa shape index (κ2) is 5.29. The molecule has 0 aliphatic rings. The van der Waals surface area contributed by atoms with Crippen LogP contribution >= 0.6 is 0 Å². The van der Waals surface area contributed by atoms with Crippen molar-refractivity contribution in [2.24, 2.45) is 0 Å². The van der Waals surface area contributed by atoms with Gasteiger partial charge in [-0.05, 0) is 45.4 Å². The minimum Gasteiger partial charge on any atom is -0.493 e. The predicted octanol–water partition coefficient (Wildman–Crippen LogP) is 2.84. The molecule has 1 N–H and O–H groups in total. The Bertz CT molecular complexity index is 435. The average molecular weight is 252 g/mol. The lowest BCUT2D eigenvalue weighted by Crippen LogP contribution is -2.28. The number of carboxylic acids is 1. The summed E-state index contributed by atoms with van der Waals surface area (Å²) in [5.41, 5.74) is -0.271. The molecule has 0 radical (unpaired) electrons. The summed E-state index contributed by atoms with van der Waals surface area (Å²) in [4.78, 5) is 11.2. The maximum absolute atomic E-state index is 11.2. The molecule has 18 heavy (non-hydrogen) atoms. The number of benzene rings is 1. The highest BCUT2D eigenvalue weighted by molar-refractivity contribution is 5.80. The second-order valence-electron chi connectivity index (χ2n) is 4.96. The third-order valence-electron chi connectivity index (χ3n) is 2.78. The van der Waals surface area contributed by atoms with E-state index in [0.717, 1.165) is 0 Å². The Morgan fingerprint density at radius 1 is 1.28 bits per heavy atom. The molecule has 1 rings (SSSR count). The highest BCUT2D eigenvalue weighted by Gasteiger charge is 2.30. The monoisotopic (exact) mass is 252 g/mol. The molecule has 0 fully saturated rings. The fourth-order valence-corrected chi connectivity index (χ4v) is 1.53. The molecule has 4 heteroatoms. The van der Waals surface area contributed by atoms with Crippen LogP contribution < -0.4 is 9.47 Å². The molecule has 1 aromatic carbocycles. The van der Waals surface area contributed by atoms with Gasteiger partial charge < -0.3 is 14.6 Å². The van der Waals surface area contributed by atoms with Crippen LogP contribution in [0, 0.1) is 0 Å². The smallest absolute Gasteiger partial charge is 0.313 e. The normalized spacial score (nSPS) is 11.4. The molecule has 0 amide bonds. The molecule has 0 saturated heterocycles. The first-order chi connectivity index (χ1) is 8.28. The van der Waals surface area contributed by atoms with E-state index in [4.69, 9.17) is 9.47 Å². The van der Waals surface area contributed by atoms with Gasteiger partial charge in [0.05, 0.1) is 18.6 Å². The molecule has 1 aromatic rings. The Hall–Kier alpha value is -1.71. The first kappa shape index (κ1) is 14.4. The van der Waals surface area contributed by atoms with E-state index < -0.39 is 11.4 Å². The summed E-state index contributed by atoms with van der Waals surface area (Å²) in [5.74, 6) is 0.301. The highest BCUT2D eigenvalue weighted by atomic mass is 16.5. The van der Waals surface area contributed by atoms with Crippen LogP contribution in [0.25, 0.3) is 0 Å². The van der Waals surface area contributed by atoms with E-state index in [1.54, 1.807) is 39.2 Å². The number of hydrogen-bond acceptors (Lipinski definition) is 3. The Balaban J connectivity index is 3.17. The topological polar surface area (TPSA) is 55.8 Å². The standard InChI is InChI=1S/C14H20O4/c1-9(2)18-11-7-6-10(8-12(11)17-5)14(3,4)13(15)16/h6-9H,1-5H3,(H,15,16). The van der Waals surface area contributed by atoms with Crippen molar-refractivity contribution >= 4 is 5.97 Å². The SMILES string of the molecule is COc1cc(C(C)(C)C(=O)O)ccc1OC(C)C. The van der Waals surface area contributed by atoms with Crippen LogP contribution in [0.3, 0.4) is 0 Å². The van der Waals surface area contributed by atoms with E-state index in [1.807, 2.05) is 13.8 Å². The Kier molecular flexibility index (Phi) is 4.22. The quantitative estimate of drug-likeness (QED) is 0.875. The molecule has 0 atom stereocenters. The van der Waals surface area contributed by atoms with Crippen LogP contribution in [0.4, 0.5) is 0 Å². The predicted molar refractivity (Wildman–Crippen MR) is 69.4 cm³/mol. The van der Waals surface area contributed by atoms with Crippen molar-refractivity contribution in [3.63, 3.8) is 0 Å². The molecule has 0 saturated carbocycles. The van der Waals surface area contributed by atoms with E-state index >= 15 is 0 Å². The lowest BCUT2D eigenvalue weighted by molar-refractivity contribution is -0.142. The number of aliphatic carboxylic acids is 1. The molecule has 0 aliphatic heterocycles. The van der Waals surface area contributed by atoms with E-state index in [2.05, 4.69) is 0 Å². The van der Waals surface area contributed by atoms with Gasteiger partial charge in [0.25, 0.3) is 0 Å². The lowest BCUT2D eigenvalue weighted by atomic mass is 9.84. The van der Waals surface area contributed by atoms with Gasteiger partial charge in [0, 0.05) is 0 Å². The van der Waals surface area contributed by atoms with Crippen LogP contribution in [0.15, 0.2) is 18.2 Å². The number of ether oxygens (including phenoxy) is 2. The number of rotatable bonds is 5. The lowest BCUT2D eigenvalue weighted by Gasteiger charge is -2.22. The molecule has 0 unspecified atom stereocenters.